The van der Waals surface area contributed by atoms with Gasteiger partial charge in [-0.2, -0.15) is 0 Å². The Morgan fingerprint density at radius 3 is 2.65 bits per heavy atom. The van der Waals surface area contributed by atoms with Crippen molar-refractivity contribution in [3.8, 4) is 0 Å². The van der Waals surface area contributed by atoms with Crippen molar-refractivity contribution in [2.24, 2.45) is 5.92 Å². The standard InChI is InChI=1S/C18H27N3O2/c1-12-10-14(8-9-19-12)16(22)20-15-7-5-6-13(11-15)17(23)21-18(2,3)4/h5-7,11-12,14,19H,8-10H2,1-4H3,(H,20,22)(H,21,23)/t12-,14-/m0/s1. The van der Waals surface area contributed by atoms with Gasteiger partial charge in [-0.1, -0.05) is 6.07 Å². The fourth-order valence-corrected chi connectivity index (χ4v) is 2.77. The van der Waals surface area contributed by atoms with E-state index in [1.54, 1.807) is 18.2 Å². The SMILES string of the molecule is C[C@H]1C[C@@H](C(=O)Nc2cccc(C(=O)NC(C)(C)C)c2)CCN1. The summed E-state index contributed by atoms with van der Waals surface area (Å²) in [6.07, 6.45) is 1.69. The first-order valence-corrected chi connectivity index (χ1v) is 8.21. The van der Waals surface area contributed by atoms with Crippen LogP contribution < -0.4 is 16.0 Å². The molecule has 126 valence electrons. The van der Waals surface area contributed by atoms with Crippen LogP contribution in [-0.2, 0) is 4.79 Å². The second kappa shape index (κ2) is 7.13. The first kappa shape index (κ1) is 17.5. The third kappa shape index (κ3) is 5.36. The maximum Gasteiger partial charge on any atom is 0.251 e. The van der Waals surface area contributed by atoms with Gasteiger partial charge in [0.05, 0.1) is 0 Å². The second-order valence-corrected chi connectivity index (χ2v) is 7.35. The van der Waals surface area contributed by atoms with Crippen molar-refractivity contribution in [2.75, 3.05) is 11.9 Å². The summed E-state index contributed by atoms with van der Waals surface area (Å²) in [5, 5.41) is 9.21. The molecule has 5 heteroatoms. The van der Waals surface area contributed by atoms with Crippen LogP contribution in [0.1, 0.15) is 50.9 Å². The summed E-state index contributed by atoms with van der Waals surface area (Å²) in [4.78, 5) is 24.6. The Morgan fingerprint density at radius 2 is 2.00 bits per heavy atom. The second-order valence-electron chi connectivity index (χ2n) is 7.35. The molecule has 1 saturated heterocycles. The summed E-state index contributed by atoms with van der Waals surface area (Å²) in [5.41, 5.74) is 0.931. The molecule has 0 aliphatic carbocycles. The highest BCUT2D eigenvalue weighted by atomic mass is 16.2. The van der Waals surface area contributed by atoms with Gasteiger partial charge in [-0.3, -0.25) is 9.59 Å². The molecule has 0 radical (unpaired) electrons. The zero-order valence-corrected chi connectivity index (χ0v) is 14.4. The Bertz CT molecular complexity index is 578. The van der Waals surface area contributed by atoms with Crippen molar-refractivity contribution in [1.82, 2.24) is 10.6 Å². The molecule has 1 aliphatic rings. The summed E-state index contributed by atoms with van der Waals surface area (Å²) in [6, 6.07) is 7.45. The van der Waals surface area contributed by atoms with Gasteiger partial charge in [0.2, 0.25) is 5.91 Å². The van der Waals surface area contributed by atoms with Crippen LogP contribution in [0.5, 0.6) is 0 Å². The predicted molar refractivity (Wildman–Crippen MR) is 92.5 cm³/mol. The number of amides is 2. The van der Waals surface area contributed by atoms with Gasteiger partial charge in [0.15, 0.2) is 0 Å². The molecule has 2 rings (SSSR count). The quantitative estimate of drug-likeness (QED) is 0.802. The number of hydrogen-bond donors (Lipinski definition) is 3. The number of nitrogens with one attached hydrogen (secondary N) is 3. The van der Waals surface area contributed by atoms with E-state index in [9.17, 15) is 9.59 Å². The number of anilines is 1. The number of carbonyl (C=O) groups is 2. The zero-order valence-electron chi connectivity index (χ0n) is 14.4. The molecule has 2 amide bonds. The molecule has 0 bridgehead atoms. The molecule has 0 aromatic heterocycles. The normalized spacial score (nSPS) is 21.6. The molecule has 1 aromatic rings. The van der Waals surface area contributed by atoms with E-state index < -0.39 is 0 Å². The average molecular weight is 317 g/mol. The average Bonchev–Trinajstić information content (AvgIpc) is 2.45. The van der Waals surface area contributed by atoms with Crippen molar-refractivity contribution < 1.29 is 9.59 Å². The molecule has 1 heterocycles. The first-order valence-electron chi connectivity index (χ1n) is 8.21. The maximum absolute atomic E-state index is 12.4. The van der Waals surface area contributed by atoms with Crippen LogP contribution in [-0.4, -0.2) is 29.9 Å². The summed E-state index contributed by atoms with van der Waals surface area (Å²) in [6.45, 7) is 8.78. The fourth-order valence-electron chi connectivity index (χ4n) is 2.77. The van der Waals surface area contributed by atoms with Crippen LogP contribution in [0.2, 0.25) is 0 Å². The molecule has 0 spiro atoms. The molecular formula is C18H27N3O2. The van der Waals surface area contributed by atoms with Crippen LogP contribution >= 0.6 is 0 Å². The molecule has 5 nitrogen and oxygen atoms in total. The Morgan fingerprint density at radius 1 is 1.26 bits per heavy atom. The number of rotatable bonds is 3. The van der Waals surface area contributed by atoms with E-state index in [4.69, 9.17) is 0 Å². The van der Waals surface area contributed by atoms with Gasteiger partial charge in [0.25, 0.3) is 5.91 Å². The minimum absolute atomic E-state index is 0.0262. The summed E-state index contributed by atoms with van der Waals surface area (Å²) >= 11 is 0. The highest BCUT2D eigenvalue weighted by Gasteiger charge is 2.25. The minimum Gasteiger partial charge on any atom is -0.347 e. The lowest BCUT2D eigenvalue weighted by molar-refractivity contribution is -0.120. The Kier molecular flexibility index (Phi) is 5.42. The van der Waals surface area contributed by atoms with Crippen LogP contribution in [0, 0.1) is 5.92 Å². The highest BCUT2D eigenvalue weighted by Crippen LogP contribution is 2.19. The summed E-state index contributed by atoms with van der Waals surface area (Å²) < 4.78 is 0. The third-order valence-electron chi connectivity index (χ3n) is 3.88. The van der Waals surface area contributed by atoms with E-state index in [1.165, 1.54) is 0 Å². The molecule has 1 aromatic carbocycles. The molecule has 2 atom stereocenters. The number of benzene rings is 1. The van der Waals surface area contributed by atoms with E-state index in [0.29, 0.717) is 17.3 Å². The van der Waals surface area contributed by atoms with E-state index in [-0.39, 0.29) is 23.3 Å². The molecule has 0 unspecified atom stereocenters. The molecular weight excluding hydrogens is 290 g/mol. The van der Waals surface area contributed by atoms with Gasteiger partial charge in [0, 0.05) is 28.7 Å². The predicted octanol–water partition coefficient (Wildman–Crippen LogP) is 2.54. The van der Waals surface area contributed by atoms with Crippen LogP contribution in [0.3, 0.4) is 0 Å². The minimum atomic E-state index is -0.290. The van der Waals surface area contributed by atoms with E-state index in [1.807, 2.05) is 26.8 Å². The number of piperidine rings is 1. The third-order valence-corrected chi connectivity index (χ3v) is 3.88. The van der Waals surface area contributed by atoms with Crippen molar-refractivity contribution in [2.45, 2.75) is 52.1 Å². The van der Waals surface area contributed by atoms with E-state index in [0.717, 1.165) is 19.4 Å². The van der Waals surface area contributed by atoms with Crippen LogP contribution in [0.15, 0.2) is 24.3 Å². The van der Waals surface area contributed by atoms with Gasteiger partial charge >= 0.3 is 0 Å². The lowest BCUT2D eigenvalue weighted by atomic mass is 9.92. The van der Waals surface area contributed by atoms with Gasteiger partial charge < -0.3 is 16.0 Å². The van der Waals surface area contributed by atoms with Gasteiger partial charge in [0.1, 0.15) is 0 Å². The van der Waals surface area contributed by atoms with Crippen LogP contribution in [0.4, 0.5) is 5.69 Å². The maximum atomic E-state index is 12.4. The Hall–Kier alpha value is -1.88. The van der Waals surface area contributed by atoms with Gasteiger partial charge in [-0.15, -0.1) is 0 Å². The largest absolute Gasteiger partial charge is 0.347 e. The Labute approximate surface area is 138 Å². The van der Waals surface area contributed by atoms with Crippen molar-refractivity contribution >= 4 is 17.5 Å². The number of carbonyl (C=O) groups excluding carboxylic acids is 2. The van der Waals surface area contributed by atoms with E-state index in [2.05, 4.69) is 22.9 Å². The molecule has 0 saturated carbocycles. The topological polar surface area (TPSA) is 70.2 Å². The zero-order chi connectivity index (χ0) is 17.0. The summed E-state index contributed by atoms with van der Waals surface area (Å²) in [5.74, 6) is -0.0749. The summed E-state index contributed by atoms with van der Waals surface area (Å²) in [7, 11) is 0. The number of hydrogen-bond acceptors (Lipinski definition) is 3. The van der Waals surface area contributed by atoms with Crippen LogP contribution in [0.25, 0.3) is 0 Å². The molecule has 1 fully saturated rings. The molecule has 23 heavy (non-hydrogen) atoms. The lowest BCUT2D eigenvalue weighted by Gasteiger charge is -2.27. The fraction of sp³-hybridized carbons (Fsp3) is 0.556. The molecule has 3 N–H and O–H groups in total. The van der Waals surface area contributed by atoms with Gasteiger partial charge in [-0.25, -0.2) is 0 Å². The highest BCUT2D eigenvalue weighted by molar-refractivity contribution is 5.98. The van der Waals surface area contributed by atoms with Crippen molar-refractivity contribution in [3.63, 3.8) is 0 Å². The molecule has 1 aliphatic heterocycles. The lowest BCUT2D eigenvalue weighted by Crippen LogP contribution is -2.41. The van der Waals surface area contributed by atoms with Crippen molar-refractivity contribution in [3.05, 3.63) is 29.8 Å². The Balaban J connectivity index is 2.02. The first-order chi connectivity index (χ1) is 10.7. The van der Waals surface area contributed by atoms with Crippen molar-refractivity contribution in [1.29, 1.82) is 0 Å². The monoisotopic (exact) mass is 317 g/mol. The van der Waals surface area contributed by atoms with Gasteiger partial charge in [-0.05, 0) is 65.3 Å². The van der Waals surface area contributed by atoms with E-state index >= 15 is 0 Å². The smallest absolute Gasteiger partial charge is 0.251 e.